The van der Waals surface area contributed by atoms with Crippen LogP contribution in [0.1, 0.15) is 18.5 Å². The van der Waals surface area contributed by atoms with Gasteiger partial charge in [-0.1, -0.05) is 13.0 Å². The summed E-state index contributed by atoms with van der Waals surface area (Å²) in [4.78, 5) is 2.34. The molecule has 1 aliphatic heterocycles. The van der Waals surface area contributed by atoms with E-state index in [4.69, 9.17) is 19.9 Å². The van der Waals surface area contributed by atoms with Gasteiger partial charge >= 0.3 is 0 Å². The molecule has 20 heavy (non-hydrogen) atoms. The molecule has 0 bridgehead atoms. The predicted molar refractivity (Wildman–Crippen MR) is 78.3 cm³/mol. The van der Waals surface area contributed by atoms with E-state index < -0.39 is 0 Å². The highest BCUT2D eigenvalue weighted by atomic mass is 16.5. The monoisotopic (exact) mass is 280 g/mol. The predicted octanol–water partition coefficient (Wildman–Crippen LogP) is 1.42. The van der Waals surface area contributed by atoms with Gasteiger partial charge in [0.1, 0.15) is 11.5 Å². The molecule has 0 amide bonds. The fraction of sp³-hybridized carbons (Fsp3) is 0.600. The molecule has 1 aromatic carbocycles. The second-order valence-electron chi connectivity index (χ2n) is 4.90. The van der Waals surface area contributed by atoms with Crippen LogP contribution in [-0.4, -0.2) is 51.5 Å². The molecule has 2 atom stereocenters. The number of rotatable bonds is 5. The summed E-state index contributed by atoms with van der Waals surface area (Å²) in [5, 5.41) is 0. The Morgan fingerprint density at radius 3 is 2.55 bits per heavy atom. The van der Waals surface area contributed by atoms with Gasteiger partial charge in [0.05, 0.1) is 38.5 Å². The third-order valence-electron chi connectivity index (χ3n) is 3.82. The number of hydrogen-bond donors (Lipinski definition) is 1. The molecule has 5 heteroatoms. The Kier molecular flexibility index (Phi) is 5.23. The number of nitrogens with zero attached hydrogens (tertiary/aromatic N) is 1. The van der Waals surface area contributed by atoms with E-state index in [1.807, 2.05) is 18.2 Å². The fourth-order valence-corrected chi connectivity index (χ4v) is 2.63. The summed E-state index contributed by atoms with van der Waals surface area (Å²) in [5.41, 5.74) is 7.30. The van der Waals surface area contributed by atoms with Crippen LogP contribution in [0.25, 0.3) is 0 Å². The number of methoxy groups -OCH3 is 2. The van der Waals surface area contributed by atoms with Crippen LogP contribution >= 0.6 is 0 Å². The second kappa shape index (κ2) is 6.92. The summed E-state index contributed by atoms with van der Waals surface area (Å²) in [5.74, 6) is 1.49. The highest BCUT2D eigenvalue weighted by molar-refractivity contribution is 5.47. The van der Waals surface area contributed by atoms with Crippen molar-refractivity contribution in [3.63, 3.8) is 0 Å². The Hall–Kier alpha value is -1.30. The van der Waals surface area contributed by atoms with Gasteiger partial charge in [0.2, 0.25) is 0 Å². The van der Waals surface area contributed by atoms with Crippen molar-refractivity contribution in [3.8, 4) is 11.5 Å². The van der Waals surface area contributed by atoms with Crippen LogP contribution in [0.2, 0.25) is 0 Å². The minimum atomic E-state index is -0.268. The van der Waals surface area contributed by atoms with E-state index in [9.17, 15) is 0 Å². The van der Waals surface area contributed by atoms with E-state index in [0.717, 1.165) is 36.7 Å². The average Bonchev–Trinajstić information content (AvgIpc) is 2.53. The molecule has 0 spiro atoms. The molecule has 1 fully saturated rings. The zero-order chi connectivity index (χ0) is 14.5. The molecule has 2 unspecified atom stereocenters. The number of likely N-dealkylation sites (N-methyl/N-ethyl adjacent to an activating group) is 1. The molecule has 1 aliphatic rings. The molecule has 1 heterocycles. The van der Waals surface area contributed by atoms with Crippen LogP contribution in [0, 0.1) is 0 Å². The summed E-state index contributed by atoms with van der Waals surface area (Å²) < 4.78 is 16.7. The molecule has 0 saturated carbocycles. The maximum absolute atomic E-state index is 6.43. The van der Waals surface area contributed by atoms with Gasteiger partial charge in [-0.25, -0.2) is 0 Å². The summed E-state index contributed by atoms with van der Waals surface area (Å²) >= 11 is 0. The molecule has 0 aliphatic carbocycles. The maximum Gasteiger partial charge on any atom is 0.127 e. The van der Waals surface area contributed by atoms with Crippen LogP contribution in [0.4, 0.5) is 0 Å². The topological polar surface area (TPSA) is 57.0 Å². The number of nitrogens with two attached hydrogens (primary N) is 1. The van der Waals surface area contributed by atoms with Crippen molar-refractivity contribution in [2.45, 2.75) is 19.1 Å². The molecule has 0 radical (unpaired) electrons. The Morgan fingerprint density at radius 2 is 2.00 bits per heavy atom. The molecule has 2 rings (SSSR count). The van der Waals surface area contributed by atoms with Crippen molar-refractivity contribution < 1.29 is 14.2 Å². The van der Waals surface area contributed by atoms with E-state index in [-0.39, 0.29) is 12.1 Å². The summed E-state index contributed by atoms with van der Waals surface area (Å²) in [6.07, 6.45) is -0.0473. The van der Waals surface area contributed by atoms with Crippen LogP contribution in [0.15, 0.2) is 18.2 Å². The lowest BCUT2D eigenvalue weighted by atomic mass is 9.98. The minimum Gasteiger partial charge on any atom is -0.496 e. The Balaban J connectivity index is 2.25. The SMILES string of the molecule is CCN1CCOC(C(N)c2c(OC)cccc2OC)C1. The summed E-state index contributed by atoms with van der Waals surface area (Å²) in [6, 6.07) is 5.43. The first-order chi connectivity index (χ1) is 9.71. The normalized spacial score (nSPS) is 21.5. The van der Waals surface area contributed by atoms with Gasteiger partial charge in [-0.2, -0.15) is 0 Å². The van der Waals surface area contributed by atoms with E-state index in [1.165, 1.54) is 0 Å². The van der Waals surface area contributed by atoms with E-state index in [2.05, 4.69) is 11.8 Å². The van der Waals surface area contributed by atoms with E-state index in [0.29, 0.717) is 6.61 Å². The van der Waals surface area contributed by atoms with Gasteiger partial charge in [-0.05, 0) is 18.7 Å². The van der Waals surface area contributed by atoms with Crippen molar-refractivity contribution >= 4 is 0 Å². The van der Waals surface area contributed by atoms with Crippen LogP contribution < -0.4 is 15.2 Å². The first-order valence-corrected chi connectivity index (χ1v) is 7.01. The standard InChI is InChI=1S/C15H24N2O3/c1-4-17-8-9-20-13(10-17)15(16)14-11(18-2)6-5-7-12(14)19-3/h5-7,13,15H,4,8-10,16H2,1-3H3. The maximum atomic E-state index is 6.43. The summed E-state index contributed by atoms with van der Waals surface area (Å²) in [6.45, 7) is 5.67. The van der Waals surface area contributed by atoms with Gasteiger partial charge in [0.25, 0.3) is 0 Å². The molecule has 1 aromatic rings. The van der Waals surface area contributed by atoms with Crippen LogP contribution in [0.3, 0.4) is 0 Å². The molecule has 1 saturated heterocycles. The van der Waals surface area contributed by atoms with Gasteiger partial charge in [0, 0.05) is 13.1 Å². The largest absolute Gasteiger partial charge is 0.496 e. The lowest BCUT2D eigenvalue weighted by molar-refractivity contribution is -0.0398. The molecular formula is C15H24N2O3. The zero-order valence-electron chi connectivity index (χ0n) is 12.5. The van der Waals surface area contributed by atoms with Gasteiger partial charge in [-0.15, -0.1) is 0 Å². The van der Waals surface area contributed by atoms with Gasteiger partial charge in [-0.3, -0.25) is 4.90 Å². The lowest BCUT2D eigenvalue weighted by Crippen LogP contribution is -2.46. The average molecular weight is 280 g/mol. The number of ether oxygens (including phenoxy) is 3. The van der Waals surface area contributed by atoms with Crippen LogP contribution in [0.5, 0.6) is 11.5 Å². The lowest BCUT2D eigenvalue weighted by Gasteiger charge is -2.35. The first kappa shape index (κ1) is 15.1. The molecule has 112 valence electrons. The van der Waals surface area contributed by atoms with E-state index >= 15 is 0 Å². The Morgan fingerprint density at radius 1 is 1.35 bits per heavy atom. The second-order valence-corrected chi connectivity index (χ2v) is 4.90. The molecule has 5 nitrogen and oxygen atoms in total. The Labute approximate surface area is 120 Å². The minimum absolute atomic E-state index is 0.0473. The van der Waals surface area contributed by atoms with Crippen molar-refractivity contribution in [1.29, 1.82) is 0 Å². The third-order valence-corrected chi connectivity index (χ3v) is 3.82. The van der Waals surface area contributed by atoms with E-state index in [1.54, 1.807) is 14.2 Å². The molecule has 0 aromatic heterocycles. The number of morpholine rings is 1. The fourth-order valence-electron chi connectivity index (χ4n) is 2.63. The number of hydrogen-bond acceptors (Lipinski definition) is 5. The highest BCUT2D eigenvalue weighted by Crippen LogP contribution is 2.35. The Bertz CT molecular complexity index is 417. The van der Waals surface area contributed by atoms with Crippen molar-refractivity contribution in [2.75, 3.05) is 40.5 Å². The smallest absolute Gasteiger partial charge is 0.127 e. The van der Waals surface area contributed by atoms with Crippen LogP contribution in [-0.2, 0) is 4.74 Å². The van der Waals surface area contributed by atoms with Crippen molar-refractivity contribution in [3.05, 3.63) is 23.8 Å². The van der Waals surface area contributed by atoms with Crippen molar-refractivity contribution in [1.82, 2.24) is 4.90 Å². The first-order valence-electron chi connectivity index (χ1n) is 7.01. The number of benzene rings is 1. The zero-order valence-corrected chi connectivity index (χ0v) is 12.5. The molecule has 2 N–H and O–H groups in total. The van der Waals surface area contributed by atoms with Gasteiger partial charge in [0.15, 0.2) is 0 Å². The third kappa shape index (κ3) is 3.06. The quantitative estimate of drug-likeness (QED) is 0.884. The highest BCUT2D eigenvalue weighted by Gasteiger charge is 2.30. The van der Waals surface area contributed by atoms with Gasteiger partial charge < -0.3 is 19.9 Å². The summed E-state index contributed by atoms with van der Waals surface area (Å²) in [7, 11) is 3.29. The van der Waals surface area contributed by atoms with Crippen molar-refractivity contribution in [2.24, 2.45) is 5.73 Å². The molecular weight excluding hydrogens is 256 g/mol.